The lowest BCUT2D eigenvalue weighted by Gasteiger charge is -2.25. The fraction of sp³-hybridized carbons (Fsp3) is 0.529. The van der Waals surface area contributed by atoms with Crippen molar-refractivity contribution in [3.63, 3.8) is 0 Å². The van der Waals surface area contributed by atoms with Crippen LogP contribution in [0.1, 0.15) is 44.0 Å². The van der Waals surface area contributed by atoms with E-state index in [1.165, 1.54) is 12.3 Å². The minimum atomic E-state index is -0.435. The molecular formula is C17H22ClN5O2. The highest BCUT2D eigenvalue weighted by Crippen LogP contribution is 2.40. The predicted octanol–water partition coefficient (Wildman–Crippen LogP) is 4.15. The van der Waals surface area contributed by atoms with Gasteiger partial charge in [0.25, 0.3) is 5.69 Å². The van der Waals surface area contributed by atoms with E-state index in [-0.39, 0.29) is 11.7 Å². The molecule has 8 heteroatoms. The van der Waals surface area contributed by atoms with E-state index < -0.39 is 4.92 Å². The summed E-state index contributed by atoms with van der Waals surface area (Å²) in [4.78, 5) is 16.8. The Balaban J connectivity index is 1.91. The fourth-order valence-corrected chi connectivity index (χ4v) is 3.78. The summed E-state index contributed by atoms with van der Waals surface area (Å²) >= 11 is 6.64. The first-order chi connectivity index (χ1) is 11.9. The number of anilines is 1. The van der Waals surface area contributed by atoms with Crippen molar-refractivity contribution in [3.8, 4) is 0 Å². The van der Waals surface area contributed by atoms with Crippen LogP contribution in [0, 0.1) is 23.0 Å². The van der Waals surface area contributed by atoms with Crippen LogP contribution in [0.15, 0.2) is 18.3 Å². The van der Waals surface area contributed by atoms with Gasteiger partial charge < -0.3 is 4.90 Å². The molecule has 2 aromatic rings. The lowest BCUT2D eigenvalue weighted by atomic mass is 10.1. The van der Waals surface area contributed by atoms with Crippen LogP contribution in [0.25, 0.3) is 0 Å². The SMILES string of the molecule is Cc1nn(CC(C)C)c(Cl)c1C1CCCN1c1ccc([N+](=O)[O-])cn1. The Kier molecular flexibility index (Phi) is 4.94. The lowest BCUT2D eigenvalue weighted by molar-refractivity contribution is -0.385. The van der Waals surface area contributed by atoms with Crippen molar-refractivity contribution in [1.82, 2.24) is 14.8 Å². The van der Waals surface area contributed by atoms with E-state index in [0.29, 0.717) is 11.1 Å². The number of pyridine rings is 1. The summed E-state index contributed by atoms with van der Waals surface area (Å²) < 4.78 is 1.87. The van der Waals surface area contributed by atoms with E-state index in [0.717, 1.165) is 43.0 Å². The van der Waals surface area contributed by atoms with Crippen LogP contribution in [0.5, 0.6) is 0 Å². The molecule has 134 valence electrons. The first-order valence-electron chi connectivity index (χ1n) is 8.48. The zero-order valence-electron chi connectivity index (χ0n) is 14.6. The van der Waals surface area contributed by atoms with Crippen molar-refractivity contribution >= 4 is 23.1 Å². The molecule has 7 nitrogen and oxygen atoms in total. The van der Waals surface area contributed by atoms with Gasteiger partial charge in [-0.05, 0) is 31.7 Å². The maximum absolute atomic E-state index is 10.8. The van der Waals surface area contributed by atoms with Crippen molar-refractivity contribution in [2.75, 3.05) is 11.4 Å². The van der Waals surface area contributed by atoms with Gasteiger partial charge in [0, 0.05) is 24.7 Å². The van der Waals surface area contributed by atoms with Crippen molar-refractivity contribution in [3.05, 3.63) is 44.9 Å². The highest BCUT2D eigenvalue weighted by Gasteiger charge is 2.32. The maximum Gasteiger partial charge on any atom is 0.287 e. The number of halogens is 1. The fourth-order valence-electron chi connectivity index (χ4n) is 3.41. The van der Waals surface area contributed by atoms with Gasteiger partial charge >= 0.3 is 0 Å². The third kappa shape index (κ3) is 3.46. The summed E-state index contributed by atoms with van der Waals surface area (Å²) in [6.07, 6.45) is 3.29. The molecule has 3 rings (SSSR count). The van der Waals surface area contributed by atoms with Crippen LogP contribution in [0.2, 0.25) is 5.15 Å². The summed E-state index contributed by atoms with van der Waals surface area (Å²) in [6.45, 7) is 7.88. The van der Waals surface area contributed by atoms with E-state index in [1.807, 2.05) is 11.6 Å². The maximum atomic E-state index is 10.8. The number of aromatic nitrogens is 3. The third-order valence-corrected chi connectivity index (χ3v) is 4.87. The van der Waals surface area contributed by atoms with Crippen molar-refractivity contribution in [2.24, 2.45) is 5.92 Å². The second-order valence-corrected chi connectivity index (χ2v) is 7.21. The van der Waals surface area contributed by atoms with Crippen LogP contribution in [0.3, 0.4) is 0 Å². The smallest absolute Gasteiger partial charge is 0.287 e. The minimum absolute atomic E-state index is 0.00142. The van der Waals surface area contributed by atoms with E-state index in [2.05, 4.69) is 28.8 Å². The zero-order chi connectivity index (χ0) is 18.1. The van der Waals surface area contributed by atoms with Crippen molar-refractivity contribution < 1.29 is 4.92 Å². The number of rotatable bonds is 5. The number of hydrogen-bond donors (Lipinski definition) is 0. The highest BCUT2D eigenvalue weighted by atomic mass is 35.5. The molecule has 0 N–H and O–H groups in total. The monoisotopic (exact) mass is 363 g/mol. The molecule has 25 heavy (non-hydrogen) atoms. The molecule has 0 radical (unpaired) electrons. The Hall–Kier alpha value is -2.15. The van der Waals surface area contributed by atoms with Crippen molar-refractivity contribution in [2.45, 2.75) is 46.2 Å². The third-order valence-electron chi connectivity index (χ3n) is 4.47. The first kappa shape index (κ1) is 17.7. The molecule has 1 saturated heterocycles. The van der Waals surface area contributed by atoms with Gasteiger partial charge in [-0.25, -0.2) is 4.98 Å². The molecule has 1 aliphatic heterocycles. The molecule has 0 bridgehead atoms. The summed E-state index contributed by atoms with van der Waals surface area (Å²) in [6, 6.07) is 3.30. The van der Waals surface area contributed by atoms with Gasteiger partial charge in [0.15, 0.2) is 0 Å². The van der Waals surface area contributed by atoms with Gasteiger partial charge in [0.2, 0.25) is 0 Å². The summed E-state index contributed by atoms with van der Waals surface area (Å²) in [5, 5.41) is 16.1. The zero-order valence-corrected chi connectivity index (χ0v) is 15.4. The topological polar surface area (TPSA) is 77.1 Å². The van der Waals surface area contributed by atoms with E-state index in [1.54, 1.807) is 6.07 Å². The molecule has 1 fully saturated rings. The summed E-state index contributed by atoms with van der Waals surface area (Å²) in [5.74, 6) is 1.20. The van der Waals surface area contributed by atoms with Gasteiger partial charge in [-0.2, -0.15) is 5.10 Å². The lowest BCUT2D eigenvalue weighted by Crippen LogP contribution is -2.24. The Morgan fingerprint density at radius 3 is 2.80 bits per heavy atom. The van der Waals surface area contributed by atoms with Crippen LogP contribution < -0.4 is 4.90 Å². The van der Waals surface area contributed by atoms with Crippen LogP contribution in [-0.2, 0) is 6.54 Å². The molecule has 0 spiro atoms. The molecule has 0 saturated carbocycles. The number of aryl methyl sites for hydroxylation is 1. The predicted molar refractivity (Wildman–Crippen MR) is 97.0 cm³/mol. The molecular weight excluding hydrogens is 342 g/mol. The van der Waals surface area contributed by atoms with Gasteiger partial charge in [0.05, 0.1) is 16.7 Å². The molecule has 1 unspecified atom stereocenters. The molecule has 1 aliphatic rings. The summed E-state index contributed by atoms with van der Waals surface area (Å²) in [5.41, 5.74) is 1.97. The van der Waals surface area contributed by atoms with Crippen molar-refractivity contribution in [1.29, 1.82) is 0 Å². The Morgan fingerprint density at radius 2 is 2.20 bits per heavy atom. The Morgan fingerprint density at radius 1 is 1.44 bits per heavy atom. The molecule has 0 aliphatic carbocycles. The van der Waals surface area contributed by atoms with Gasteiger partial charge in [-0.3, -0.25) is 14.8 Å². The van der Waals surface area contributed by atoms with Gasteiger partial charge in [0.1, 0.15) is 17.2 Å². The normalized spacial score (nSPS) is 17.5. The van der Waals surface area contributed by atoms with Crippen LogP contribution in [-0.4, -0.2) is 26.2 Å². The van der Waals surface area contributed by atoms with Gasteiger partial charge in [-0.1, -0.05) is 25.4 Å². The standard InChI is InChI=1S/C17H22ClN5O2/c1-11(2)10-22-17(18)16(12(3)20-22)14-5-4-8-21(14)15-7-6-13(9-19-15)23(24)25/h6-7,9,11,14H,4-5,8,10H2,1-3H3. The Bertz CT molecular complexity index is 772. The number of nitrogens with zero attached hydrogens (tertiary/aromatic N) is 5. The molecule has 0 aromatic carbocycles. The highest BCUT2D eigenvalue weighted by molar-refractivity contribution is 6.30. The molecule has 0 amide bonds. The molecule has 1 atom stereocenters. The number of hydrogen-bond acceptors (Lipinski definition) is 5. The quantitative estimate of drug-likeness (QED) is 0.589. The van der Waals surface area contributed by atoms with Crippen LogP contribution >= 0.6 is 11.6 Å². The van der Waals surface area contributed by atoms with E-state index in [9.17, 15) is 10.1 Å². The largest absolute Gasteiger partial charge is 0.349 e. The average molecular weight is 364 g/mol. The molecule has 2 aromatic heterocycles. The van der Waals surface area contributed by atoms with E-state index >= 15 is 0 Å². The van der Waals surface area contributed by atoms with E-state index in [4.69, 9.17) is 11.6 Å². The Labute approximate surface area is 151 Å². The van der Waals surface area contributed by atoms with Gasteiger partial charge in [-0.15, -0.1) is 0 Å². The second kappa shape index (κ2) is 7.00. The summed E-state index contributed by atoms with van der Waals surface area (Å²) in [7, 11) is 0. The first-order valence-corrected chi connectivity index (χ1v) is 8.86. The van der Waals surface area contributed by atoms with Crippen LogP contribution in [0.4, 0.5) is 11.5 Å². The molecule has 3 heterocycles. The number of nitro groups is 1. The average Bonchev–Trinajstić information content (AvgIpc) is 3.12. The minimum Gasteiger partial charge on any atom is -0.349 e. The second-order valence-electron chi connectivity index (χ2n) is 6.85.